The molecular weight excluding hydrogens is 356 g/mol. The fraction of sp³-hybridized carbons (Fsp3) is 0.533. The smallest absolute Gasteiger partial charge is 0.252 e. The van der Waals surface area contributed by atoms with Crippen molar-refractivity contribution in [2.75, 3.05) is 13.7 Å². The zero-order valence-corrected chi connectivity index (χ0v) is 14.6. The number of ether oxygens (including phenoxy) is 1. The average molecular weight is 378 g/mol. The van der Waals surface area contributed by atoms with Crippen molar-refractivity contribution in [3.8, 4) is 5.75 Å². The second-order valence-electron chi connectivity index (χ2n) is 5.45. The molecule has 0 atom stereocenters. The lowest BCUT2D eigenvalue weighted by Gasteiger charge is -2.33. The Morgan fingerprint density at radius 2 is 2.05 bits per heavy atom. The lowest BCUT2D eigenvalue weighted by molar-refractivity contribution is 0.0936. The summed E-state index contributed by atoms with van der Waals surface area (Å²) in [6.45, 7) is 0.523. The van der Waals surface area contributed by atoms with Crippen LogP contribution in [-0.2, 0) is 0 Å². The Kier molecular flexibility index (Phi) is 6.97. The largest absolute Gasteiger partial charge is 0.497 e. The predicted molar refractivity (Wildman–Crippen MR) is 90.3 cm³/mol. The third-order valence-electron chi connectivity index (χ3n) is 3.87. The molecule has 2 rings (SSSR count). The third-order valence-corrected chi connectivity index (χ3v) is 4.56. The van der Waals surface area contributed by atoms with Crippen LogP contribution in [0.4, 0.5) is 0 Å². The first kappa shape index (κ1) is 18.3. The summed E-state index contributed by atoms with van der Waals surface area (Å²) in [5, 5.41) is 2.95. The van der Waals surface area contributed by atoms with Crippen LogP contribution in [-0.4, -0.2) is 25.1 Å². The van der Waals surface area contributed by atoms with E-state index in [1.807, 2.05) is 12.1 Å². The van der Waals surface area contributed by atoms with E-state index < -0.39 is 0 Å². The molecule has 21 heavy (non-hydrogen) atoms. The molecule has 0 saturated heterocycles. The summed E-state index contributed by atoms with van der Waals surface area (Å²) in [6, 6.07) is 5.35. The molecular formula is C15H22BrClN2O2. The minimum absolute atomic E-state index is 0. The number of benzene rings is 1. The summed E-state index contributed by atoms with van der Waals surface area (Å²) in [5.74, 6) is 0.546. The molecule has 1 aromatic carbocycles. The van der Waals surface area contributed by atoms with Gasteiger partial charge in [-0.3, -0.25) is 4.79 Å². The Morgan fingerprint density at radius 1 is 1.38 bits per heavy atom. The number of halogens is 2. The van der Waals surface area contributed by atoms with Crippen LogP contribution in [0.3, 0.4) is 0 Å². The van der Waals surface area contributed by atoms with Crippen LogP contribution in [0, 0.1) is 0 Å². The normalized spacial score (nSPS) is 16.7. The van der Waals surface area contributed by atoms with E-state index in [1.165, 1.54) is 6.42 Å². The van der Waals surface area contributed by atoms with Gasteiger partial charge in [0.2, 0.25) is 0 Å². The SMILES string of the molecule is COc1ccc(Br)c(C(=O)NCC2(N)CCCCC2)c1.Cl. The fourth-order valence-electron chi connectivity index (χ4n) is 2.59. The highest BCUT2D eigenvalue weighted by Gasteiger charge is 2.28. The standard InChI is InChI=1S/C15H21BrN2O2.ClH/c1-20-11-5-6-13(16)12(9-11)14(19)18-10-15(17)7-3-2-4-8-15;/h5-6,9H,2-4,7-8,10,17H2,1H3,(H,18,19);1H. The van der Waals surface area contributed by atoms with Gasteiger partial charge >= 0.3 is 0 Å². The van der Waals surface area contributed by atoms with Crippen LogP contribution in [0.1, 0.15) is 42.5 Å². The quantitative estimate of drug-likeness (QED) is 0.846. The highest BCUT2D eigenvalue weighted by atomic mass is 79.9. The molecule has 0 heterocycles. The minimum atomic E-state index is -0.251. The van der Waals surface area contributed by atoms with Gasteiger partial charge in [-0.2, -0.15) is 0 Å². The summed E-state index contributed by atoms with van der Waals surface area (Å²) in [4.78, 5) is 12.3. The van der Waals surface area contributed by atoms with E-state index >= 15 is 0 Å². The number of methoxy groups -OCH3 is 1. The van der Waals surface area contributed by atoms with Crippen LogP contribution in [0.5, 0.6) is 5.75 Å². The molecule has 0 bridgehead atoms. The van der Waals surface area contributed by atoms with Gasteiger partial charge in [0.05, 0.1) is 12.7 Å². The molecule has 0 spiro atoms. The zero-order valence-electron chi connectivity index (χ0n) is 12.2. The topological polar surface area (TPSA) is 64.3 Å². The van der Waals surface area contributed by atoms with Gasteiger partial charge in [0, 0.05) is 16.6 Å². The molecule has 0 aliphatic heterocycles. The van der Waals surface area contributed by atoms with E-state index in [4.69, 9.17) is 10.5 Å². The predicted octanol–water partition coefficient (Wildman–Crippen LogP) is 3.27. The van der Waals surface area contributed by atoms with E-state index in [9.17, 15) is 4.79 Å². The van der Waals surface area contributed by atoms with Crippen molar-refractivity contribution in [3.63, 3.8) is 0 Å². The molecule has 0 unspecified atom stereocenters. The first-order valence-electron chi connectivity index (χ1n) is 6.95. The maximum atomic E-state index is 12.3. The summed E-state index contributed by atoms with van der Waals surface area (Å²) >= 11 is 3.39. The van der Waals surface area contributed by atoms with Crippen molar-refractivity contribution in [2.24, 2.45) is 5.73 Å². The third kappa shape index (κ3) is 4.87. The van der Waals surface area contributed by atoms with E-state index in [-0.39, 0.29) is 23.9 Å². The van der Waals surface area contributed by atoms with Gasteiger partial charge in [-0.05, 0) is 47.0 Å². The van der Waals surface area contributed by atoms with Gasteiger partial charge < -0.3 is 15.8 Å². The number of nitrogens with one attached hydrogen (secondary N) is 1. The van der Waals surface area contributed by atoms with Crippen molar-refractivity contribution in [3.05, 3.63) is 28.2 Å². The maximum Gasteiger partial charge on any atom is 0.252 e. The summed E-state index contributed by atoms with van der Waals surface area (Å²) in [5.41, 5.74) is 6.65. The fourth-order valence-corrected chi connectivity index (χ4v) is 3.02. The molecule has 1 aromatic rings. The Balaban J connectivity index is 0.00000220. The van der Waals surface area contributed by atoms with Crippen molar-refractivity contribution in [2.45, 2.75) is 37.6 Å². The molecule has 1 aliphatic carbocycles. The maximum absolute atomic E-state index is 12.3. The van der Waals surface area contributed by atoms with Gasteiger partial charge in [0.1, 0.15) is 5.75 Å². The Bertz CT molecular complexity index is 491. The molecule has 6 heteroatoms. The molecule has 4 nitrogen and oxygen atoms in total. The molecule has 1 fully saturated rings. The summed E-state index contributed by atoms with van der Waals surface area (Å²) in [7, 11) is 1.59. The number of hydrogen-bond donors (Lipinski definition) is 2. The Morgan fingerprint density at radius 3 is 2.67 bits per heavy atom. The highest BCUT2D eigenvalue weighted by molar-refractivity contribution is 9.10. The van der Waals surface area contributed by atoms with Crippen molar-refractivity contribution >= 4 is 34.2 Å². The summed E-state index contributed by atoms with van der Waals surface area (Å²) < 4.78 is 5.90. The Hall–Kier alpha value is -0.780. The zero-order chi connectivity index (χ0) is 14.6. The van der Waals surface area contributed by atoms with E-state index in [0.717, 1.165) is 30.2 Å². The minimum Gasteiger partial charge on any atom is -0.497 e. The average Bonchev–Trinajstić information content (AvgIpc) is 2.46. The molecule has 0 radical (unpaired) electrons. The van der Waals surface area contributed by atoms with Gasteiger partial charge in [0.25, 0.3) is 5.91 Å². The van der Waals surface area contributed by atoms with Gasteiger partial charge in [-0.25, -0.2) is 0 Å². The number of carbonyl (C=O) groups excluding carboxylic acids is 1. The number of hydrogen-bond acceptors (Lipinski definition) is 3. The Labute approximate surface area is 140 Å². The second kappa shape index (κ2) is 8.01. The van der Waals surface area contributed by atoms with E-state index in [0.29, 0.717) is 17.9 Å². The van der Waals surface area contributed by atoms with Gasteiger partial charge in [-0.15, -0.1) is 12.4 Å². The van der Waals surface area contributed by atoms with Crippen LogP contribution in [0.2, 0.25) is 0 Å². The first-order valence-corrected chi connectivity index (χ1v) is 7.74. The van der Waals surface area contributed by atoms with Crippen molar-refractivity contribution in [1.82, 2.24) is 5.32 Å². The van der Waals surface area contributed by atoms with Crippen LogP contribution < -0.4 is 15.8 Å². The van der Waals surface area contributed by atoms with Gasteiger partial charge in [0.15, 0.2) is 0 Å². The molecule has 1 amide bonds. The van der Waals surface area contributed by atoms with E-state index in [1.54, 1.807) is 13.2 Å². The van der Waals surface area contributed by atoms with Crippen LogP contribution in [0.15, 0.2) is 22.7 Å². The highest BCUT2D eigenvalue weighted by Crippen LogP contribution is 2.26. The molecule has 0 aromatic heterocycles. The number of amides is 1. The molecule has 118 valence electrons. The molecule has 3 N–H and O–H groups in total. The molecule has 1 aliphatic rings. The second-order valence-corrected chi connectivity index (χ2v) is 6.31. The first-order chi connectivity index (χ1) is 9.54. The monoisotopic (exact) mass is 376 g/mol. The van der Waals surface area contributed by atoms with Crippen molar-refractivity contribution < 1.29 is 9.53 Å². The number of rotatable bonds is 4. The number of nitrogens with two attached hydrogens (primary N) is 1. The van der Waals surface area contributed by atoms with Crippen LogP contribution >= 0.6 is 28.3 Å². The van der Waals surface area contributed by atoms with Crippen molar-refractivity contribution in [1.29, 1.82) is 0 Å². The number of carbonyl (C=O) groups is 1. The van der Waals surface area contributed by atoms with Crippen LogP contribution in [0.25, 0.3) is 0 Å². The van der Waals surface area contributed by atoms with Gasteiger partial charge in [-0.1, -0.05) is 19.3 Å². The van der Waals surface area contributed by atoms with E-state index in [2.05, 4.69) is 21.2 Å². The lowest BCUT2D eigenvalue weighted by Crippen LogP contribution is -2.51. The summed E-state index contributed by atoms with van der Waals surface area (Å²) in [6.07, 6.45) is 5.50. The lowest BCUT2D eigenvalue weighted by atomic mass is 9.82. The molecule has 1 saturated carbocycles.